The summed E-state index contributed by atoms with van der Waals surface area (Å²) in [4.78, 5) is 2.34. The number of hydrogen-bond acceptors (Lipinski definition) is 3. The average Bonchev–Trinajstić information content (AvgIpc) is 2.30. The van der Waals surface area contributed by atoms with Gasteiger partial charge in [0.1, 0.15) is 0 Å². The van der Waals surface area contributed by atoms with Gasteiger partial charge in [-0.2, -0.15) is 17.9 Å². The molecule has 16 heavy (non-hydrogen) atoms. The zero-order chi connectivity index (χ0) is 12.0. The van der Waals surface area contributed by atoms with Crippen molar-refractivity contribution in [2.45, 2.75) is 51.5 Å². The van der Waals surface area contributed by atoms with E-state index < -0.39 is 0 Å². The molecule has 0 radical (unpaired) electrons. The predicted molar refractivity (Wildman–Crippen MR) is 71.7 cm³/mol. The van der Waals surface area contributed by atoms with Crippen LogP contribution in [0.5, 0.6) is 0 Å². The summed E-state index contributed by atoms with van der Waals surface area (Å²) in [5.41, 5.74) is 0.403. The van der Waals surface area contributed by atoms with Gasteiger partial charge in [-0.1, -0.05) is 19.3 Å². The van der Waals surface area contributed by atoms with E-state index in [1.807, 2.05) is 0 Å². The van der Waals surface area contributed by atoms with Crippen LogP contribution in [0, 0.1) is 16.7 Å². The van der Waals surface area contributed by atoms with Crippen molar-refractivity contribution in [3.8, 4) is 6.07 Å². The van der Waals surface area contributed by atoms with Crippen molar-refractivity contribution in [3.05, 3.63) is 0 Å². The zero-order valence-corrected chi connectivity index (χ0v) is 11.5. The minimum Gasteiger partial charge on any atom is -0.302 e. The molecule has 3 heteroatoms. The second-order valence-electron chi connectivity index (χ2n) is 5.35. The Morgan fingerprint density at radius 3 is 2.50 bits per heavy atom. The maximum Gasteiger partial charge on any atom is 0.0638 e. The van der Waals surface area contributed by atoms with E-state index in [1.54, 1.807) is 0 Å². The first-order valence-electron chi connectivity index (χ1n) is 6.31. The minimum atomic E-state index is 0.365. The first-order chi connectivity index (χ1) is 7.63. The lowest BCUT2D eigenvalue weighted by molar-refractivity contribution is 0.121. The molecular weight excluding hydrogens is 216 g/mol. The van der Waals surface area contributed by atoms with Crippen LogP contribution in [0.4, 0.5) is 0 Å². The molecular formula is C13H24N2S. The van der Waals surface area contributed by atoms with Crippen LogP contribution in [0.3, 0.4) is 0 Å². The molecule has 92 valence electrons. The van der Waals surface area contributed by atoms with Crippen LogP contribution in [-0.2, 0) is 0 Å². The Kier molecular flexibility index (Phi) is 5.64. The summed E-state index contributed by atoms with van der Waals surface area (Å²) in [5.74, 6) is 0.983. The van der Waals surface area contributed by atoms with Gasteiger partial charge in [0.2, 0.25) is 0 Å². The fraction of sp³-hybridized carbons (Fsp3) is 0.923. The molecule has 0 bridgehead atoms. The Bertz CT molecular complexity index is 241. The maximum absolute atomic E-state index is 8.72. The van der Waals surface area contributed by atoms with Crippen molar-refractivity contribution in [3.63, 3.8) is 0 Å². The van der Waals surface area contributed by atoms with Crippen molar-refractivity contribution in [2.75, 3.05) is 19.3 Å². The quantitative estimate of drug-likeness (QED) is 0.748. The molecule has 0 aromatic carbocycles. The van der Waals surface area contributed by atoms with Gasteiger partial charge in [0, 0.05) is 12.6 Å². The number of hydrogen-bond donors (Lipinski definition) is 1. The molecule has 0 aromatic rings. The first kappa shape index (κ1) is 13.9. The second kappa shape index (κ2) is 6.51. The SMILES string of the molecule is CC(CC#N)N(C)CC1(CS)CCCCC1. The molecule has 0 aromatic heterocycles. The summed E-state index contributed by atoms with van der Waals surface area (Å²) in [6, 6.07) is 2.62. The number of nitrogens with zero attached hydrogens (tertiary/aromatic N) is 2. The highest BCUT2D eigenvalue weighted by molar-refractivity contribution is 7.80. The van der Waals surface area contributed by atoms with E-state index in [-0.39, 0.29) is 0 Å². The molecule has 1 aliphatic carbocycles. The summed E-state index contributed by atoms with van der Waals surface area (Å²) in [6.45, 7) is 3.23. The van der Waals surface area contributed by atoms with Gasteiger partial charge in [-0.3, -0.25) is 0 Å². The van der Waals surface area contributed by atoms with Gasteiger partial charge in [0.25, 0.3) is 0 Å². The van der Waals surface area contributed by atoms with Gasteiger partial charge in [-0.25, -0.2) is 0 Å². The summed E-state index contributed by atoms with van der Waals surface area (Å²) < 4.78 is 0. The topological polar surface area (TPSA) is 27.0 Å². The van der Waals surface area contributed by atoms with E-state index in [9.17, 15) is 0 Å². The summed E-state index contributed by atoms with van der Waals surface area (Å²) in [7, 11) is 2.14. The van der Waals surface area contributed by atoms with Crippen LogP contribution in [0.25, 0.3) is 0 Å². The third kappa shape index (κ3) is 3.68. The molecule has 0 heterocycles. The molecule has 1 atom stereocenters. The Morgan fingerprint density at radius 2 is 2.00 bits per heavy atom. The largest absolute Gasteiger partial charge is 0.302 e. The third-order valence-electron chi connectivity index (χ3n) is 3.97. The molecule has 1 aliphatic rings. The molecule has 0 aliphatic heterocycles. The fourth-order valence-electron chi connectivity index (χ4n) is 2.64. The highest BCUT2D eigenvalue weighted by atomic mass is 32.1. The Morgan fingerprint density at radius 1 is 1.38 bits per heavy atom. The van der Waals surface area contributed by atoms with Crippen molar-refractivity contribution in [1.29, 1.82) is 5.26 Å². The van der Waals surface area contributed by atoms with Gasteiger partial charge < -0.3 is 4.90 Å². The van der Waals surface area contributed by atoms with E-state index in [2.05, 4.69) is 37.6 Å². The summed E-state index contributed by atoms with van der Waals surface area (Å²) >= 11 is 4.55. The first-order valence-corrected chi connectivity index (χ1v) is 6.95. The molecule has 2 nitrogen and oxygen atoms in total. The average molecular weight is 240 g/mol. The Hall–Kier alpha value is -0.200. The predicted octanol–water partition coefficient (Wildman–Crippen LogP) is 3.10. The molecule has 0 N–H and O–H groups in total. The lowest BCUT2D eigenvalue weighted by Crippen LogP contribution is -2.42. The second-order valence-corrected chi connectivity index (χ2v) is 5.66. The minimum absolute atomic E-state index is 0.365. The molecule has 0 spiro atoms. The van der Waals surface area contributed by atoms with E-state index in [4.69, 9.17) is 5.26 Å². The normalized spacial score (nSPS) is 21.7. The van der Waals surface area contributed by atoms with E-state index in [1.165, 1.54) is 32.1 Å². The van der Waals surface area contributed by atoms with Crippen LogP contribution in [-0.4, -0.2) is 30.3 Å². The molecule has 1 rings (SSSR count). The highest BCUT2D eigenvalue weighted by Gasteiger charge is 2.32. The smallest absolute Gasteiger partial charge is 0.0638 e. The highest BCUT2D eigenvalue weighted by Crippen LogP contribution is 2.38. The van der Waals surface area contributed by atoms with Crippen LogP contribution in [0.15, 0.2) is 0 Å². The monoisotopic (exact) mass is 240 g/mol. The van der Waals surface area contributed by atoms with Crippen molar-refractivity contribution >= 4 is 12.6 Å². The van der Waals surface area contributed by atoms with Crippen LogP contribution in [0.1, 0.15) is 45.4 Å². The van der Waals surface area contributed by atoms with Gasteiger partial charge in [0.05, 0.1) is 12.5 Å². The van der Waals surface area contributed by atoms with Crippen molar-refractivity contribution in [1.82, 2.24) is 4.90 Å². The molecule has 1 unspecified atom stereocenters. The van der Waals surface area contributed by atoms with Gasteiger partial charge >= 0.3 is 0 Å². The summed E-state index contributed by atoms with van der Waals surface area (Å²) in [5, 5.41) is 8.72. The van der Waals surface area contributed by atoms with Crippen LogP contribution >= 0.6 is 12.6 Å². The fourth-order valence-corrected chi connectivity index (χ4v) is 3.06. The lowest BCUT2D eigenvalue weighted by Gasteiger charge is -2.40. The van der Waals surface area contributed by atoms with E-state index in [0.29, 0.717) is 17.9 Å². The molecule has 0 amide bonds. The Balaban J connectivity index is 2.52. The van der Waals surface area contributed by atoms with Gasteiger partial charge in [-0.15, -0.1) is 0 Å². The van der Waals surface area contributed by atoms with Gasteiger partial charge in [0.15, 0.2) is 0 Å². The molecule has 1 saturated carbocycles. The summed E-state index contributed by atoms with van der Waals surface area (Å²) in [6.07, 6.45) is 7.31. The number of thiol groups is 1. The van der Waals surface area contributed by atoms with Crippen LogP contribution < -0.4 is 0 Å². The third-order valence-corrected chi connectivity index (χ3v) is 4.64. The van der Waals surface area contributed by atoms with Crippen molar-refractivity contribution in [2.24, 2.45) is 5.41 Å². The van der Waals surface area contributed by atoms with E-state index >= 15 is 0 Å². The standard InChI is InChI=1S/C13H24N2S/c1-12(6-9-14)15(2)10-13(11-16)7-4-3-5-8-13/h12,16H,3-8,10-11H2,1-2H3. The Labute approximate surface area is 105 Å². The molecule has 1 fully saturated rings. The number of rotatable bonds is 5. The van der Waals surface area contributed by atoms with Gasteiger partial charge in [-0.05, 0) is 38.0 Å². The van der Waals surface area contributed by atoms with Crippen LogP contribution in [0.2, 0.25) is 0 Å². The zero-order valence-electron chi connectivity index (χ0n) is 10.6. The lowest BCUT2D eigenvalue weighted by atomic mass is 9.75. The van der Waals surface area contributed by atoms with Crippen molar-refractivity contribution < 1.29 is 0 Å². The maximum atomic E-state index is 8.72. The number of nitriles is 1. The molecule has 0 saturated heterocycles. The van der Waals surface area contributed by atoms with E-state index in [0.717, 1.165) is 12.3 Å².